The van der Waals surface area contributed by atoms with Gasteiger partial charge in [-0.05, 0) is 39.1 Å². The number of carboxylic acids is 1. The van der Waals surface area contributed by atoms with E-state index in [0.29, 0.717) is 40.6 Å². The molecule has 1 aromatic carbocycles. The van der Waals surface area contributed by atoms with Gasteiger partial charge >= 0.3 is 5.97 Å². The van der Waals surface area contributed by atoms with E-state index in [4.69, 9.17) is 9.26 Å². The fraction of sp³-hybridized carbons (Fsp3) is 0.300. The monoisotopic (exact) mass is 398 g/mol. The molecule has 0 bridgehead atoms. The Morgan fingerprint density at radius 1 is 1.28 bits per heavy atom. The zero-order valence-electron chi connectivity index (χ0n) is 16.3. The van der Waals surface area contributed by atoms with Gasteiger partial charge in [0.25, 0.3) is 0 Å². The van der Waals surface area contributed by atoms with Gasteiger partial charge in [0.15, 0.2) is 11.5 Å². The predicted molar refractivity (Wildman–Crippen MR) is 105 cm³/mol. The number of aliphatic hydroxyl groups excluding tert-OH is 1. The molecule has 0 fully saturated rings. The topological polar surface area (TPSA) is 131 Å². The van der Waals surface area contributed by atoms with E-state index < -0.39 is 12.1 Å². The summed E-state index contributed by atoms with van der Waals surface area (Å²) in [5, 5.41) is 26.1. The van der Waals surface area contributed by atoms with Crippen LogP contribution < -0.4 is 10.1 Å². The lowest BCUT2D eigenvalue weighted by Crippen LogP contribution is -2.29. The number of carbonyl (C=O) groups is 1. The summed E-state index contributed by atoms with van der Waals surface area (Å²) >= 11 is 0. The minimum Gasteiger partial charge on any atom is -0.491 e. The first-order valence-electron chi connectivity index (χ1n) is 9.00. The third kappa shape index (κ3) is 4.76. The van der Waals surface area contributed by atoms with E-state index >= 15 is 0 Å². The Bertz CT molecular complexity index is 998. The summed E-state index contributed by atoms with van der Waals surface area (Å²) in [5.74, 6) is 0.130. The van der Waals surface area contributed by atoms with Crippen LogP contribution in [0.5, 0.6) is 5.75 Å². The number of nitrogens with one attached hydrogen (secondary N) is 1. The average Bonchev–Trinajstić information content (AvgIpc) is 3.04. The van der Waals surface area contributed by atoms with Gasteiger partial charge in [0.05, 0.1) is 17.0 Å². The summed E-state index contributed by atoms with van der Waals surface area (Å²) in [5.41, 5.74) is 2.11. The van der Waals surface area contributed by atoms with Crippen molar-refractivity contribution in [3.8, 4) is 28.4 Å². The summed E-state index contributed by atoms with van der Waals surface area (Å²) in [6, 6.07) is 8.35. The van der Waals surface area contributed by atoms with Crippen LogP contribution in [0, 0.1) is 13.8 Å². The van der Waals surface area contributed by atoms with E-state index in [-0.39, 0.29) is 18.1 Å². The molecule has 9 nitrogen and oxygen atoms in total. The first-order valence-corrected chi connectivity index (χ1v) is 9.00. The first-order chi connectivity index (χ1) is 13.9. The van der Waals surface area contributed by atoms with Gasteiger partial charge < -0.3 is 24.8 Å². The van der Waals surface area contributed by atoms with Crippen molar-refractivity contribution in [2.24, 2.45) is 0 Å². The molecule has 1 unspecified atom stereocenters. The molecule has 3 aromatic rings. The number of benzene rings is 1. The number of aryl methyl sites for hydroxylation is 2. The van der Waals surface area contributed by atoms with Crippen LogP contribution in [0.2, 0.25) is 0 Å². The second-order valence-corrected chi connectivity index (χ2v) is 6.52. The third-order valence-corrected chi connectivity index (χ3v) is 4.21. The van der Waals surface area contributed by atoms with E-state index in [0.717, 1.165) is 0 Å². The second kappa shape index (κ2) is 8.80. The van der Waals surface area contributed by atoms with Crippen LogP contribution in [-0.2, 0) is 0 Å². The van der Waals surface area contributed by atoms with E-state index in [9.17, 15) is 15.0 Å². The molecular weight excluding hydrogens is 376 g/mol. The summed E-state index contributed by atoms with van der Waals surface area (Å²) in [6.45, 7) is 4.02. The van der Waals surface area contributed by atoms with Crippen LogP contribution in [0.4, 0.5) is 0 Å². The van der Waals surface area contributed by atoms with Crippen LogP contribution in [0.25, 0.3) is 22.6 Å². The molecule has 2 aromatic heterocycles. The molecule has 3 N–H and O–H groups in total. The van der Waals surface area contributed by atoms with E-state index in [2.05, 4.69) is 20.4 Å². The van der Waals surface area contributed by atoms with Gasteiger partial charge in [0, 0.05) is 12.1 Å². The van der Waals surface area contributed by atoms with E-state index in [1.807, 2.05) is 0 Å². The number of aromatic carboxylic acids is 1. The lowest BCUT2D eigenvalue weighted by Gasteiger charge is -2.12. The predicted octanol–water partition coefficient (Wildman–Crippen LogP) is 2.07. The Labute approximate surface area is 167 Å². The zero-order chi connectivity index (χ0) is 21.0. The van der Waals surface area contributed by atoms with Crippen molar-refractivity contribution in [2.45, 2.75) is 20.0 Å². The third-order valence-electron chi connectivity index (χ3n) is 4.21. The Morgan fingerprint density at radius 3 is 2.72 bits per heavy atom. The lowest BCUT2D eigenvalue weighted by molar-refractivity contribution is 0.0690. The quantitative estimate of drug-likeness (QED) is 0.522. The maximum atomic E-state index is 11.6. The van der Waals surface area contributed by atoms with Crippen molar-refractivity contribution < 1.29 is 24.3 Å². The van der Waals surface area contributed by atoms with Crippen molar-refractivity contribution in [1.29, 1.82) is 0 Å². The normalized spacial score (nSPS) is 12.0. The molecular formula is C20H22N4O5. The molecule has 9 heteroatoms. The maximum absolute atomic E-state index is 11.6. The number of hydrogen-bond acceptors (Lipinski definition) is 8. The number of aliphatic hydroxyl groups is 1. The van der Waals surface area contributed by atoms with E-state index in [1.54, 1.807) is 45.2 Å². The van der Waals surface area contributed by atoms with Gasteiger partial charge in [-0.1, -0.05) is 17.3 Å². The van der Waals surface area contributed by atoms with E-state index in [1.165, 1.54) is 6.07 Å². The Kier molecular flexibility index (Phi) is 6.20. The van der Waals surface area contributed by atoms with Crippen molar-refractivity contribution in [2.75, 3.05) is 20.2 Å². The smallest absolute Gasteiger partial charge is 0.354 e. The molecule has 152 valence electrons. The minimum atomic E-state index is -1.16. The molecule has 0 aliphatic heterocycles. The molecule has 0 aliphatic rings. The van der Waals surface area contributed by atoms with Crippen LogP contribution in [-0.4, -0.2) is 57.6 Å². The number of rotatable bonds is 8. The minimum absolute atomic E-state index is 0.116. The van der Waals surface area contributed by atoms with Crippen LogP contribution in [0.15, 0.2) is 34.9 Å². The number of aromatic nitrogens is 3. The Morgan fingerprint density at radius 2 is 2.07 bits per heavy atom. The lowest BCUT2D eigenvalue weighted by atomic mass is 10.1. The number of hydrogen-bond donors (Lipinski definition) is 3. The maximum Gasteiger partial charge on any atom is 0.354 e. The van der Waals surface area contributed by atoms with Crippen LogP contribution in [0.1, 0.15) is 21.9 Å². The number of nitrogens with zero attached hydrogens (tertiary/aromatic N) is 3. The zero-order valence-corrected chi connectivity index (χ0v) is 16.3. The molecule has 3 rings (SSSR count). The first kappa shape index (κ1) is 20.4. The fourth-order valence-electron chi connectivity index (χ4n) is 2.87. The SMILES string of the molecule is CNCC(O)COc1cccc(-c2nc(C(=O)O)cc(-c3c(C)noc3C)n2)c1. The van der Waals surface area contributed by atoms with Gasteiger partial charge in [-0.15, -0.1) is 0 Å². The summed E-state index contributed by atoms with van der Waals surface area (Å²) in [6.07, 6.45) is -0.651. The van der Waals surface area contributed by atoms with Gasteiger partial charge in [-0.25, -0.2) is 14.8 Å². The second-order valence-electron chi connectivity index (χ2n) is 6.52. The van der Waals surface area contributed by atoms with Crippen molar-refractivity contribution in [3.63, 3.8) is 0 Å². The highest BCUT2D eigenvalue weighted by Gasteiger charge is 2.18. The fourth-order valence-corrected chi connectivity index (χ4v) is 2.87. The van der Waals surface area contributed by atoms with Crippen molar-refractivity contribution in [3.05, 3.63) is 47.5 Å². The standard InChI is InChI=1S/C20H22N4O5/c1-11-18(12(2)29-24-11)16-8-17(20(26)27)23-19(22-16)13-5-4-6-15(7-13)28-10-14(25)9-21-3/h4-8,14,21,25H,9-10H2,1-3H3,(H,26,27). The Hall–Kier alpha value is -3.30. The molecule has 0 spiro atoms. The molecule has 2 heterocycles. The molecule has 0 saturated heterocycles. The summed E-state index contributed by atoms with van der Waals surface area (Å²) in [4.78, 5) is 20.3. The van der Waals surface area contributed by atoms with Crippen molar-refractivity contribution >= 4 is 5.97 Å². The molecule has 0 amide bonds. The largest absolute Gasteiger partial charge is 0.491 e. The molecule has 0 saturated carbocycles. The highest BCUT2D eigenvalue weighted by atomic mass is 16.5. The number of likely N-dealkylation sites (N-methyl/N-ethyl adjacent to an activating group) is 1. The van der Waals surface area contributed by atoms with Gasteiger partial charge in [-0.2, -0.15) is 0 Å². The number of carboxylic acid groups (broad SMARTS) is 1. The van der Waals surface area contributed by atoms with Crippen molar-refractivity contribution in [1.82, 2.24) is 20.4 Å². The summed E-state index contributed by atoms with van der Waals surface area (Å²) < 4.78 is 10.8. The van der Waals surface area contributed by atoms with Crippen LogP contribution in [0.3, 0.4) is 0 Å². The summed E-state index contributed by atoms with van der Waals surface area (Å²) in [7, 11) is 1.74. The molecule has 0 aliphatic carbocycles. The highest BCUT2D eigenvalue weighted by Crippen LogP contribution is 2.29. The number of ether oxygens (including phenoxy) is 1. The van der Waals surface area contributed by atoms with Gasteiger partial charge in [-0.3, -0.25) is 0 Å². The average molecular weight is 398 g/mol. The highest BCUT2D eigenvalue weighted by molar-refractivity contribution is 5.87. The molecule has 1 atom stereocenters. The van der Waals surface area contributed by atoms with Crippen LogP contribution >= 0.6 is 0 Å². The molecule has 0 radical (unpaired) electrons. The Balaban J connectivity index is 1.98. The molecule has 29 heavy (non-hydrogen) atoms. The van der Waals surface area contributed by atoms with Gasteiger partial charge in [0.1, 0.15) is 24.2 Å². The van der Waals surface area contributed by atoms with Gasteiger partial charge in [0.2, 0.25) is 0 Å².